The number of hydrogen-bond acceptors (Lipinski definition) is 13. The van der Waals surface area contributed by atoms with Crippen LogP contribution in [0.25, 0.3) is 0 Å². The number of aliphatic hydroxyl groups is 2. The maximum absolute atomic E-state index is 15.0. The third-order valence-corrected chi connectivity index (χ3v) is 10.7. The molecule has 2 bridgehead atoms. The standard InChI is InChI=1S/C32H36O13/c1-14-20-22(41-15(2)33)24(37)30(6)18(35)12-19-31(13-40-19,44-16(3)34)23(30)26(42-27(38)17-10-8-7-9-11-17)32(29(20,4)5)25(21(14)36)43-28(39)45-32/h7-11,18-19,21-23,25-26,35-36H,12-13H2,1-6H3/t18-,19+,21?,22+,23?,25-,26-,30+,31-,32+/m0/s1. The van der Waals surface area contributed by atoms with Gasteiger partial charge in [0.05, 0.1) is 29.6 Å². The molecule has 2 aliphatic heterocycles. The van der Waals surface area contributed by atoms with E-state index < -0.39 is 94.4 Å². The number of ether oxygens (including phenoxy) is 6. The van der Waals surface area contributed by atoms with Gasteiger partial charge in [-0.1, -0.05) is 32.0 Å². The van der Waals surface area contributed by atoms with Crippen LogP contribution >= 0.6 is 0 Å². The van der Waals surface area contributed by atoms with Crippen molar-refractivity contribution in [2.45, 2.75) is 95.8 Å². The van der Waals surface area contributed by atoms with Crippen LogP contribution in [0.15, 0.2) is 41.5 Å². The Balaban J connectivity index is 1.72. The van der Waals surface area contributed by atoms with Crippen LogP contribution in [0.3, 0.4) is 0 Å². The molecule has 6 rings (SSSR count). The van der Waals surface area contributed by atoms with Crippen LogP contribution in [0.1, 0.15) is 58.3 Å². The maximum Gasteiger partial charge on any atom is 0.509 e. The van der Waals surface area contributed by atoms with Gasteiger partial charge in [-0.3, -0.25) is 14.4 Å². The van der Waals surface area contributed by atoms with Gasteiger partial charge in [-0.25, -0.2) is 9.59 Å². The fraction of sp³-hybridized carbons (Fsp3) is 0.594. The van der Waals surface area contributed by atoms with E-state index in [9.17, 15) is 34.2 Å². The first kappa shape index (κ1) is 31.2. The second-order valence-electron chi connectivity index (χ2n) is 13.3. The lowest BCUT2D eigenvalue weighted by Crippen LogP contribution is -2.83. The van der Waals surface area contributed by atoms with Crippen LogP contribution in [-0.4, -0.2) is 94.5 Å². The van der Waals surface area contributed by atoms with Crippen molar-refractivity contribution in [1.82, 2.24) is 0 Å². The molecule has 13 nitrogen and oxygen atoms in total. The molecular weight excluding hydrogens is 592 g/mol. The van der Waals surface area contributed by atoms with Crippen molar-refractivity contribution in [3.8, 4) is 0 Å². The van der Waals surface area contributed by atoms with Gasteiger partial charge in [0.15, 0.2) is 29.7 Å². The number of ketones is 1. The van der Waals surface area contributed by atoms with Gasteiger partial charge in [0, 0.05) is 25.7 Å². The van der Waals surface area contributed by atoms with Crippen molar-refractivity contribution < 1.29 is 62.6 Å². The minimum Gasteiger partial charge on any atom is -0.454 e. The van der Waals surface area contributed by atoms with E-state index in [4.69, 9.17) is 28.4 Å². The minimum atomic E-state index is -2.10. The molecule has 1 aromatic carbocycles. The van der Waals surface area contributed by atoms with E-state index in [1.807, 2.05) is 0 Å². The van der Waals surface area contributed by atoms with Crippen molar-refractivity contribution >= 4 is 29.8 Å². The Morgan fingerprint density at radius 3 is 2.22 bits per heavy atom. The van der Waals surface area contributed by atoms with Gasteiger partial charge in [0.1, 0.15) is 12.2 Å². The molecule has 2 unspecified atom stereocenters. The van der Waals surface area contributed by atoms with Gasteiger partial charge in [-0.05, 0) is 37.1 Å². The number of rotatable bonds is 4. The van der Waals surface area contributed by atoms with Crippen LogP contribution in [0.2, 0.25) is 0 Å². The topological polar surface area (TPSA) is 181 Å². The van der Waals surface area contributed by atoms with Gasteiger partial charge >= 0.3 is 24.1 Å². The SMILES string of the molecule is CC(=O)O[C@H]1C(=O)[C@@]2(C)C([C@H](OC(=O)c3ccccc3)[C@]34OC(=O)O[C@H]3C(O)C(C)=C1C4(C)C)[C@]1(OC(C)=O)CO[C@@H]1C[C@@H]2O. The summed E-state index contributed by atoms with van der Waals surface area (Å²) >= 11 is 0. The van der Waals surface area contributed by atoms with Crippen LogP contribution in [-0.2, 0) is 42.8 Å². The van der Waals surface area contributed by atoms with Gasteiger partial charge in [0.2, 0.25) is 5.60 Å². The first-order valence-electron chi connectivity index (χ1n) is 14.8. The second-order valence-corrected chi connectivity index (χ2v) is 13.3. The van der Waals surface area contributed by atoms with Crippen molar-refractivity contribution in [1.29, 1.82) is 0 Å². The van der Waals surface area contributed by atoms with E-state index in [1.165, 1.54) is 32.9 Å². The molecule has 2 heterocycles. The Hall–Kier alpha value is -3.81. The number of esters is 3. The summed E-state index contributed by atoms with van der Waals surface area (Å²) in [7, 11) is 0. The summed E-state index contributed by atoms with van der Waals surface area (Å²) in [5.74, 6) is -4.68. The van der Waals surface area contributed by atoms with Crippen molar-refractivity contribution in [3.63, 3.8) is 0 Å². The highest BCUT2D eigenvalue weighted by Gasteiger charge is 2.82. The molecule has 2 saturated heterocycles. The second kappa shape index (κ2) is 10.1. The smallest absolute Gasteiger partial charge is 0.454 e. The molecule has 13 heteroatoms. The summed E-state index contributed by atoms with van der Waals surface area (Å²) in [6.07, 6.45) is -10.3. The molecule has 0 aromatic heterocycles. The van der Waals surface area contributed by atoms with E-state index in [2.05, 4.69) is 0 Å². The minimum absolute atomic E-state index is 0.103. The van der Waals surface area contributed by atoms with Crippen molar-refractivity contribution in [2.75, 3.05) is 6.61 Å². The summed E-state index contributed by atoms with van der Waals surface area (Å²) in [5, 5.41) is 23.5. The molecule has 3 aliphatic carbocycles. The predicted octanol–water partition coefficient (Wildman–Crippen LogP) is 1.81. The fourth-order valence-corrected chi connectivity index (χ4v) is 8.65. The predicted molar refractivity (Wildman–Crippen MR) is 149 cm³/mol. The van der Waals surface area contributed by atoms with E-state index in [0.29, 0.717) is 0 Å². The third-order valence-electron chi connectivity index (χ3n) is 10.7. The average Bonchev–Trinajstić information content (AvgIpc) is 3.34. The van der Waals surface area contributed by atoms with Crippen LogP contribution in [0.4, 0.5) is 4.79 Å². The highest BCUT2D eigenvalue weighted by Crippen LogP contribution is 2.66. The summed E-state index contributed by atoms with van der Waals surface area (Å²) in [6, 6.07) is 7.93. The summed E-state index contributed by atoms with van der Waals surface area (Å²) in [4.78, 5) is 67.4. The molecule has 5 aliphatic rings. The normalized spacial score (nSPS) is 41.0. The molecule has 242 valence electrons. The summed E-state index contributed by atoms with van der Waals surface area (Å²) < 4.78 is 35.5. The number of hydrogen-bond donors (Lipinski definition) is 2. The van der Waals surface area contributed by atoms with E-state index in [-0.39, 0.29) is 29.7 Å². The number of fused-ring (bicyclic) bond motifs is 4. The van der Waals surface area contributed by atoms with Gasteiger partial charge in [0.25, 0.3) is 0 Å². The Bertz CT molecular complexity index is 1520. The molecule has 4 fully saturated rings. The van der Waals surface area contributed by atoms with Gasteiger partial charge in [-0.2, -0.15) is 0 Å². The lowest BCUT2D eigenvalue weighted by atomic mass is 9.44. The molecule has 1 aromatic rings. The molecule has 10 atom stereocenters. The number of Topliss-reactive ketones (excluding diaryl/α,β-unsaturated/α-hetero) is 1. The van der Waals surface area contributed by atoms with E-state index in [1.54, 1.807) is 32.0 Å². The number of aliphatic hydroxyl groups excluding tert-OH is 2. The van der Waals surface area contributed by atoms with Crippen LogP contribution < -0.4 is 0 Å². The lowest BCUT2D eigenvalue weighted by Gasteiger charge is -2.67. The first-order valence-corrected chi connectivity index (χ1v) is 14.8. The fourth-order valence-electron chi connectivity index (χ4n) is 8.65. The molecule has 2 N–H and O–H groups in total. The average molecular weight is 629 g/mol. The third kappa shape index (κ3) is 3.99. The van der Waals surface area contributed by atoms with Gasteiger partial charge in [-0.15, -0.1) is 0 Å². The zero-order valence-electron chi connectivity index (χ0n) is 25.7. The van der Waals surface area contributed by atoms with E-state index in [0.717, 1.165) is 6.92 Å². The summed E-state index contributed by atoms with van der Waals surface area (Å²) in [5.41, 5.74) is -6.88. The Morgan fingerprint density at radius 1 is 0.978 bits per heavy atom. The molecule has 1 spiro atoms. The van der Waals surface area contributed by atoms with Crippen molar-refractivity contribution in [2.24, 2.45) is 16.7 Å². The Labute approximate surface area is 258 Å². The maximum atomic E-state index is 15.0. The summed E-state index contributed by atoms with van der Waals surface area (Å²) in [6.45, 7) is 8.18. The van der Waals surface area contributed by atoms with Gasteiger partial charge < -0.3 is 38.6 Å². The molecule has 45 heavy (non-hydrogen) atoms. The highest BCUT2D eigenvalue weighted by molar-refractivity contribution is 5.96. The van der Waals surface area contributed by atoms with E-state index >= 15 is 0 Å². The number of carbonyl (C=O) groups excluding carboxylic acids is 5. The molecule has 0 radical (unpaired) electrons. The first-order chi connectivity index (χ1) is 21.0. The zero-order chi connectivity index (χ0) is 32.9. The molecule has 2 saturated carbocycles. The molecular formula is C32H36O13. The Morgan fingerprint density at radius 2 is 1.64 bits per heavy atom. The van der Waals surface area contributed by atoms with Crippen LogP contribution in [0, 0.1) is 16.7 Å². The number of benzene rings is 1. The largest absolute Gasteiger partial charge is 0.509 e. The lowest BCUT2D eigenvalue weighted by molar-refractivity contribution is -0.345. The highest BCUT2D eigenvalue weighted by atomic mass is 16.8. The number of carbonyl (C=O) groups is 5. The Kier molecular flexibility index (Phi) is 7.00. The molecule has 0 amide bonds. The monoisotopic (exact) mass is 628 g/mol. The quantitative estimate of drug-likeness (QED) is 0.280. The zero-order valence-corrected chi connectivity index (χ0v) is 25.7. The van der Waals surface area contributed by atoms with Crippen LogP contribution in [0.5, 0.6) is 0 Å². The van der Waals surface area contributed by atoms with Crippen molar-refractivity contribution in [3.05, 3.63) is 47.0 Å².